The van der Waals surface area contributed by atoms with E-state index < -0.39 is 0 Å². The molecule has 2 nitrogen and oxygen atoms in total. The first-order valence-electron chi connectivity index (χ1n) is 5.73. The Labute approximate surface area is 95.1 Å². The third-order valence-electron chi connectivity index (χ3n) is 3.19. The minimum Gasteiger partial charge on any atom is -0.383 e. The lowest BCUT2D eigenvalue weighted by atomic mass is 9.83. The van der Waals surface area contributed by atoms with Gasteiger partial charge < -0.3 is 5.32 Å². The number of nitrogens with one attached hydrogen (secondary N) is 1. The van der Waals surface area contributed by atoms with Crippen molar-refractivity contribution in [2.75, 3.05) is 11.9 Å². The van der Waals surface area contributed by atoms with Crippen LogP contribution in [0.2, 0.25) is 0 Å². The maximum atomic E-state index is 13.4. The number of benzene rings is 1. The molecule has 1 aromatic carbocycles. The SMILES string of the molecule is N#Cc1ccc(NCCC2CCC2)c(F)c1. The standard InChI is InChI=1S/C13H15FN2/c14-12-8-11(9-15)4-5-13(12)16-7-6-10-2-1-3-10/h4-5,8,10,16H,1-3,6-7H2. The summed E-state index contributed by atoms with van der Waals surface area (Å²) in [5.74, 6) is 0.488. The van der Waals surface area contributed by atoms with Gasteiger partial charge in [-0.3, -0.25) is 0 Å². The molecular weight excluding hydrogens is 203 g/mol. The Morgan fingerprint density at radius 2 is 2.25 bits per heavy atom. The summed E-state index contributed by atoms with van der Waals surface area (Å²) in [5.41, 5.74) is 0.861. The maximum absolute atomic E-state index is 13.4. The third kappa shape index (κ3) is 2.52. The predicted octanol–water partition coefficient (Wildman–Crippen LogP) is 3.30. The van der Waals surface area contributed by atoms with Crippen molar-refractivity contribution in [2.45, 2.75) is 25.7 Å². The molecule has 1 N–H and O–H groups in total. The molecule has 1 saturated carbocycles. The lowest BCUT2D eigenvalue weighted by molar-refractivity contribution is 0.303. The Bertz CT molecular complexity index is 405. The lowest BCUT2D eigenvalue weighted by Crippen LogP contribution is -2.15. The van der Waals surface area contributed by atoms with Crippen LogP contribution in [-0.4, -0.2) is 6.54 Å². The van der Waals surface area contributed by atoms with Crippen LogP contribution in [0.25, 0.3) is 0 Å². The molecule has 0 spiro atoms. The second-order valence-corrected chi connectivity index (χ2v) is 4.32. The van der Waals surface area contributed by atoms with Gasteiger partial charge >= 0.3 is 0 Å². The molecule has 1 aliphatic carbocycles. The van der Waals surface area contributed by atoms with Gasteiger partial charge in [-0.25, -0.2) is 4.39 Å². The summed E-state index contributed by atoms with van der Waals surface area (Å²) in [6.45, 7) is 0.813. The molecule has 2 rings (SSSR count). The minimum absolute atomic E-state index is 0.340. The van der Waals surface area contributed by atoms with Crippen molar-refractivity contribution in [2.24, 2.45) is 5.92 Å². The Morgan fingerprint density at radius 3 is 2.81 bits per heavy atom. The number of nitriles is 1. The molecule has 0 unspecified atom stereocenters. The summed E-state index contributed by atoms with van der Waals surface area (Å²) < 4.78 is 13.4. The molecule has 0 amide bonds. The molecule has 0 aliphatic heterocycles. The number of rotatable bonds is 4. The molecule has 1 aromatic rings. The van der Waals surface area contributed by atoms with Crippen LogP contribution in [0, 0.1) is 23.1 Å². The fraction of sp³-hybridized carbons (Fsp3) is 0.462. The van der Waals surface area contributed by atoms with Crippen LogP contribution in [0.15, 0.2) is 18.2 Å². The van der Waals surface area contributed by atoms with Crippen LogP contribution in [0.4, 0.5) is 10.1 Å². The molecular formula is C13H15FN2. The summed E-state index contributed by atoms with van der Waals surface area (Å²) in [6, 6.07) is 6.46. The van der Waals surface area contributed by atoms with Gasteiger partial charge in [0.15, 0.2) is 0 Å². The van der Waals surface area contributed by atoms with E-state index in [2.05, 4.69) is 5.32 Å². The zero-order chi connectivity index (χ0) is 11.4. The minimum atomic E-state index is -0.340. The molecule has 0 heterocycles. The number of hydrogen-bond acceptors (Lipinski definition) is 2. The van der Waals surface area contributed by atoms with Gasteiger partial charge in [-0.1, -0.05) is 19.3 Å². The Kier molecular flexibility index (Phi) is 3.40. The zero-order valence-corrected chi connectivity index (χ0v) is 9.17. The third-order valence-corrected chi connectivity index (χ3v) is 3.19. The molecule has 3 heteroatoms. The van der Waals surface area contributed by atoms with Gasteiger partial charge in [-0.2, -0.15) is 5.26 Å². The molecule has 0 bridgehead atoms. The predicted molar refractivity (Wildman–Crippen MR) is 61.6 cm³/mol. The topological polar surface area (TPSA) is 35.8 Å². The first-order chi connectivity index (χ1) is 7.79. The Balaban J connectivity index is 1.86. The number of hydrogen-bond donors (Lipinski definition) is 1. The highest BCUT2D eigenvalue weighted by Gasteiger charge is 2.16. The maximum Gasteiger partial charge on any atom is 0.147 e. The van der Waals surface area contributed by atoms with Crippen LogP contribution in [0.3, 0.4) is 0 Å². The summed E-state index contributed by atoms with van der Waals surface area (Å²) in [6.07, 6.45) is 5.09. The van der Waals surface area contributed by atoms with Crippen LogP contribution < -0.4 is 5.32 Å². The van der Waals surface area contributed by atoms with Crippen molar-refractivity contribution < 1.29 is 4.39 Å². The van der Waals surface area contributed by atoms with Gasteiger partial charge in [-0.15, -0.1) is 0 Å². The Morgan fingerprint density at radius 1 is 1.44 bits per heavy atom. The van der Waals surface area contributed by atoms with Gasteiger partial charge in [-0.05, 0) is 30.5 Å². The average Bonchev–Trinajstić information content (AvgIpc) is 2.23. The van der Waals surface area contributed by atoms with E-state index in [9.17, 15) is 4.39 Å². The van der Waals surface area contributed by atoms with Crippen molar-refractivity contribution >= 4 is 5.69 Å². The molecule has 84 valence electrons. The summed E-state index contributed by atoms with van der Waals surface area (Å²) in [7, 11) is 0. The molecule has 16 heavy (non-hydrogen) atoms. The van der Waals surface area contributed by atoms with E-state index in [-0.39, 0.29) is 5.82 Å². The van der Waals surface area contributed by atoms with Gasteiger partial charge in [0.1, 0.15) is 5.82 Å². The molecule has 1 aliphatic rings. The highest BCUT2D eigenvalue weighted by molar-refractivity contribution is 5.48. The van der Waals surface area contributed by atoms with Crippen molar-refractivity contribution in [3.8, 4) is 6.07 Å². The second kappa shape index (κ2) is 4.98. The number of nitrogens with zero attached hydrogens (tertiary/aromatic N) is 1. The van der Waals surface area contributed by atoms with E-state index in [0.29, 0.717) is 11.3 Å². The van der Waals surface area contributed by atoms with Crippen molar-refractivity contribution in [1.29, 1.82) is 5.26 Å². The Hall–Kier alpha value is -1.56. The number of anilines is 1. The van der Waals surface area contributed by atoms with Gasteiger partial charge in [0, 0.05) is 6.54 Å². The largest absolute Gasteiger partial charge is 0.383 e. The van der Waals surface area contributed by atoms with Crippen LogP contribution in [-0.2, 0) is 0 Å². The lowest BCUT2D eigenvalue weighted by Gasteiger charge is -2.25. The highest BCUT2D eigenvalue weighted by Crippen LogP contribution is 2.29. The first-order valence-corrected chi connectivity index (χ1v) is 5.73. The summed E-state index contributed by atoms with van der Waals surface area (Å²) in [5, 5.41) is 11.7. The van der Waals surface area contributed by atoms with E-state index in [1.165, 1.54) is 25.3 Å². The average molecular weight is 218 g/mol. The van der Waals surface area contributed by atoms with Gasteiger partial charge in [0.25, 0.3) is 0 Å². The number of halogens is 1. The molecule has 0 radical (unpaired) electrons. The smallest absolute Gasteiger partial charge is 0.147 e. The molecule has 1 fully saturated rings. The van der Waals surface area contributed by atoms with E-state index in [1.807, 2.05) is 6.07 Å². The van der Waals surface area contributed by atoms with Crippen LogP contribution in [0.5, 0.6) is 0 Å². The quantitative estimate of drug-likeness (QED) is 0.841. The zero-order valence-electron chi connectivity index (χ0n) is 9.17. The second-order valence-electron chi connectivity index (χ2n) is 4.32. The van der Waals surface area contributed by atoms with E-state index in [1.54, 1.807) is 12.1 Å². The first kappa shape index (κ1) is 10.9. The highest BCUT2D eigenvalue weighted by atomic mass is 19.1. The summed E-state index contributed by atoms with van der Waals surface area (Å²) >= 11 is 0. The van der Waals surface area contributed by atoms with Gasteiger partial charge in [0.05, 0.1) is 17.3 Å². The normalized spacial score (nSPS) is 15.2. The van der Waals surface area contributed by atoms with E-state index in [4.69, 9.17) is 5.26 Å². The van der Waals surface area contributed by atoms with E-state index in [0.717, 1.165) is 18.9 Å². The molecule has 0 atom stereocenters. The summed E-state index contributed by atoms with van der Waals surface area (Å²) in [4.78, 5) is 0. The van der Waals surface area contributed by atoms with Gasteiger partial charge in [0.2, 0.25) is 0 Å². The van der Waals surface area contributed by atoms with Crippen LogP contribution in [0.1, 0.15) is 31.2 Å². The fourth-order valence-corrected chi connectivity index (χ4v) is 1.92. The van der Waals surface area contributed by atoms with Crippen molar-refractivity contribution in [1.82, 2.24) is 0 Å². The monoisotopic (exact) mass is 218 g/mol. The van der Waals surface area contributed by atoms with Crippen LogP contribution >= 0.6 is 0 Å². The molecule has 0 saturated heterocycles. The van der Waals surface area contributed by atoms with E-state index >= 15 is 0 Å². The van der Waals surface area contributed by atoms with Crippen molar-refractivity contribution in [3.05, 3.63) is 29.6 Å². The van der Waals surface area contributed by atoms with Crippen molar-refractivity contribution in [3.63, 3.8) is 0 Å². The fourth-order valence-electron chi connectivity index (χ4n) is 1.92. The molecule has 0 aromatic heterocycles.